The molecule has 0 spiro atoms. The Morgan fingerprint density at radius 2 is 2.36 bits per heavy atom. The van der Waals surface area contributed by atoms with E-state index in [1.165, 1.54) is 12.5 Å². The van der Waals surface area contributed by atoms with Crippen molar-refractivity contribution in [2.24, 2.45) is 5.92 Å². The molecule has 0 aromatic heterocycles. The highest BCUT2D eigenvalue weighted by Crippen LogP contribution is 2.16. The molecule has 0 saturated carbocycles. The van der Waals surface area contributed by atoms with E-state index in [9.17, 15) is 0 Å². The molecule has 0 saturated heterocycles. The van der Waals surface area contributed by atoms with Crippen LogP contribution in [0.15, 0.2) is 12.5 Å². The van der Waals surface area contributed by atoms with E-state index in [2.05, 4.69) is 13.8 Å². The van der Waals surface area contributed by atoms with Crippen molar-refractivity contribution in [2.75, 3.05) is 0 Å². The van der Waals surface area contributed by atoms with Crippen LogP contribution in [0.5, 0.6) is 0 Å². The molecule has 0 radical (unpaired) electrons. The second-order valence-corrected chi connectivity index (χ2v) is 3.23. The van der Waals surface area contributed by atoms with Crippen LogP contribution >= 0.6 is 0 Å². The molecule has 0 bridgehead atoms. The Bertz CT molecular complexity index is 145. The molecule has 1 N–H and O–H groups in total. The molecule has 11 heavy (non-hydrogen) atoms. The number of ether oxygens (including phenoxy) is 1. The van der Waals surface area contributed by atoms with Gasteiger partial charge in [-0.15, -0.1) is 0 Å². The normalized spacial score (nSPS) is 22.9. The lowest BCUT2D eigenvalue weighted by molar-refractivity contribution is -0.141. The van der Waals surface area contributed by atoms with Gasteiger partial charge >= 0.3 is 0 Å². The smallest absolute Gasteiger partial charge is 0.193 e. The summed E-state index contributed by atoms with van der Waals surface area (Å²) in [5.41, 5.74) is 0. The van der Waals surface area contributed by atoms with Gasteiger partial charge in [-0.3, -0.25) is 5.21 Å². The van der Waals surface area contributed by atoms with E-state index in [4.69, 9.17) is 9.94 Å². The van der Waals surface area contributed by atoms with E-state index >= 15 is 0 Å². The molecule has 0 aromatic carbocycles. The van der Waals surface area contributed by atoms with Gasteiger partial charge in [-0.2, -0.15) is 0 Å². The molecule has 0 aromatic rings. The SMILES string of the molecule is CC(C)CCC1OC=CN1O. The van der Waals surface area contributed by atoms with Crippen molar-refractivity contribution in [1.29, 1.82) is 0 Å². The number of hydrogen-bond acceptors (Lipinski definition) is 3. The summed E-state index contributed by atoms with van der Waals surface area (Å²) in [6.07, 6.45) is 4.85. The molecule has 3 heteroatoms. The number of rotatable bonds is 3. The van der Waals surface area contributed by atoms with Crippen LogP contribution in [0.3, 0.4) is 0 Å². The molecule has 64 valence electrons. The highest BCUT2D eigenvalue weighted by Gasteiger charge is 2.18. The van der Waals surface area contributed by atoms with Gasteiger partial charge < -0.3 is 4.74 Å². The largest absolute Gasteiger partial charge is 0.474 e. The Morgan fingerprint density at radius 3 is 2.82 bits per heavy atom. The topological polar surface area (TPSA) is 32.7 Å². The summed E-state index contributed by atoms with van der Waals surface area (Å²) in [5, 5.41) is 10.2. The Kier molecular flexibility index (Phi) is 2.76. The maximum Gasteiger partial charge on any atom is 0.193 e. The van der Waals surface area contributed by atoms with Crippen molar-refractivity contribution in [3.63, 3.8) is 0 Å². The molecular formula is C8H15NO2. The molecule has 1 unspecified atom stereocenters. The van der Waals surface area contributed by atoms with E-state index in [-0.39, 0.29) is 6.23 Å². The van der Waals surface area contributed by atoms with E-state index in [1.54, 1.807) is 0 Å². The third-order valence-electron chi connectivity index (χ3n) is 1.74. The van der Waals surface area contributed by atoms with Crippen LogP contribution in [0, 0.1) is 5.92 Å². The fraction of sp³-hybridized carbons (Fsp3) is 0.750. The molecule has 0 fully saturated rings. The summed E-state index contributed by atoms with van der Waals surface area (Å²) in [5.74, 6) is 0.660. The molecule has 1 rings (SSSR count). The zero-order valence-electron chi connectivity index (χ0n) is 7.03. The second-order valence-electron chi connectivity index (χ2n) is 3.23. The summed E-state index contributed by atoms with van der Waals surface area (Å²) in [7, 11) is 0. The van der Waals surface area contributed by atoms with Crippen molar-refractivity contribution in [3.05, 3.63) is 12.5 Å². The van der Waals surface area contributed by atoms with Crippen LogP contribution < -0.4 is 0 Å². The van der Waals surface area contributed by atoms with Crippen LogP contribution in [0.4, 0.5) is 0 Å². The van der Waals surface area contributed by atoms with E-state index in [1.807, 2.05) is 0 Å². The molecular weight excluding hydrogens is 142 g/mol. The zero-order chi connectivity index (χ0) is 8.27. The average Bonchev–Trinajstić information content (AvgIpc) is 2.31. The lowest BCUT2D eigenvalue weighted by Gasteiger charge is -2.18. The third kappa shape index (κ3) is 2.42. The van der Waals surface area contributed by atoms with Crippen molar-refractivity contribution >= 4 is 0 Å². The monoisotopic (exact) mass is 157 g/mol. The standard InChI is InChI=1S/C8H15NO2/c1-7(2)3-4-8-9(10)5-6-11-8/h5-8,10H,3-4H2,1-2H3. The molecule has 1 aliphatic heterocycles. The van der Waals surface area contributed by atoms with Gasteiger partial charge in [0.25, 0.3) is 0 Å². The zero-order valence-corrected chi connectivity index (χ0v) is 7.03. The van der Waals surface area contributed by atoms with Crippen LogP contribution in [0.2, 0.25) is 0 Å². The predicted molar refractivity (Wildman–Crippen MR) is 41.7 cm³/mol. The van der Waals surface area contributed by atoms with E-state index in [0.717, 1.165) is 17.9 Å². The molecule has 1 heterocycles. The first-order valence-corrected chi connectivity index (χ1v) is 3.99. The average molecular weight is 157 g/mol. The molecule has 3 nitrogen and oxygen atoms in total. The van der Waals surface area contributed by atoms with Gasteiger partial charge in [-0.1, -0.05) is 13.8 Å². The van der Waals surface area contributed by atoms with Gasteiger partial charge in [0, 0.05) is 6.42 Å². The first-order valence-electron chi connectivity index (χ1n) is 3.99. The number of hydroxylamine groups is 2. The maximum absolute atomic E-state index is 9.12. The van der Waals surface area contributed by atoms with Gasteiger partial charge in [0.1, 0.15) is 6.26 Å². The van der Waals surface area contributed by atoms with Crippen LogP contribution in [-0.2, 0) is 4.74 Å². The number of hydrogen-bond donors (Lipinski definition) is 1. The summed E-state index contributed by atoms with van der Waals surface area (Å²) < 4.78 is 5.11. The molecule has 1 atom stereocenters. The maximum atomic E-state index is 9.12. The Hall–Kier alpha value is -0.700. The molecule has 0 amide bonds. The lowest BCUT2D eigenvalue weighted by Crippen LogP contribution is -2.24. The molecule has 1 aliphatic rings. The second kappa shape index (κ2) is 3.62. The van der Waals surface area contributed by atoms with Crippen LogP contribution in [0.25, 0.3) is 0 Å². The van der Waals surface area contributed by atoms with Crippen LogP contribution in [-0.4, -0.2) is 16.5 Å². The minimum atomic E-state index is -0.155. The van der Waals surface area contributed by atoms with Crippen molar-refractivity contribution in [1.82, 2.24) is 5.06 Å². The van der Waals surface area contributed by atoms with Crippen molar-refractivity contribution in [2.45, 2.75) is 32.9 Å². The van der Waals surface area contributed by atoms with Gasteiger partial charge in [-0.05, 0) is 12.3 Å². The summed E-state index contributed by atoms with van der Waals surface area (Å²) in [6.45, 7) is 4.31. The third-order valence-corrected chi connectivity index (χ3v) is 1.74. The van der Waals surface area contributed by atoms with Crippen molar-refractivity contribution < 1.29 is 9.94 Å². The van der Waals surface area contributed by atoms with Gasteiger partial charge in [-0.25, -0.2) is 5.06 Å². The minimum Gasteiger partial charge on any atom is -0.474 e. The number of nitrogens with zero attached hydrogens (tertiary/aromatic N) is 1. The first-order chi connectivity index (χ1) is 5.20. The Morgan fingerprint density at radius 1 is 1.64 bits per heavy atom. The summed E-state index contributed by atoms with van der Waals surface area (Å²) >= 11 is 0. The Labute approximate surface area is 67.2 Å². The van der Waals surface area contributed by atoms with Gasteiger partial charge in [0.2, 0.25) is 0 Å². The van der Waals surface area contributed by atoms with Crippen molar-refractivity contribution in [3.8, 4) is 0 Å². The highest BCUT2D eigenvalue weighted by molar-refractivity contribution is 4.80. The predicted octanol–water partition coefficient (Wildman–Crippen LogP) is 1.94. The quantitative estimate of drug-likeness (QED) is 0.679. The summed E-state index contributed by atoms with van der Waals surface area (Å²) in [4.78, 5) is 0. The Balaban J connectivity index is 2.18. The van der Waals surface area contributed by atoms with Gasteiger partial charge in [0.15, 0.2) is 6.23 Å². The highest BCUT2D eigenvalue weighted by atomic mass is 16.6. The first kappa shape index (κ1) is 8.40. The fourth-order valence-corrected chi connectivity index (χ4v) is 1.02. The minimum absolute atomic E-state index is 0.155. The molecule has 0 aliphatic carbocycles. The lowest BCUT2D eigenvalue weighted by atomic mass is 10.1. The van der Waals surface area contributed by atoms with E-state index in [0.29, 0.717) is 5.92 Å². The summed E-state index contributed by atoms with van der Waals surface area (Å²) in [6, 6.07) is 0. The van der Waals surface area contributed by atoms with Crippen LogP contribution in [0.1, 0.15) is 26.7 Å². The van der Waals surface area contributed by atoms with Gasteiger partial charge in [0.05, 0.1) is 6.20 Å². The fourth-order valence-electron chi connectivity index (χ4n) is 1.02. The van der Waals surface area contributed by atoms with E-state index < -0.39 is 0 Å².